The topological polar surface area (TPSA) is 15.3 Å². The van der Waals surface area contributed by atoms with Crippen LogP contribution in [0.3, 0.4) is 0 Å². The van der Waals surface area contributed by atoms with Gasteiger partial charge < -0.3 is 10.2 Å². The second-order valence-electron chi connectivity index (χ2n) is 3.71. The van der Waals surface area contributed by atoms with Crippen LogP contribution in [-0.4, -0.2) is 26.2 Å². The van der Waals surface area contributed by atoms with Gasteiger partial charge in [0.25, 0.3) is 0 Å². The summed E-state index contributed by atoms with van der Waals surface area (Å²) in [6, 6.07) is 9.01. The molecule has 1 saturated heterocycles. The van der Waals surface area contributed by atoms with E-state index in [0.29, 0.717) is 6.04 Å². The Morgan fingerprint density at radius 3 is 2.86 bits per heavy atom. The zero-order valence-electron chi connectivity index (χ0n) is 8.33. The van der Waals surface area contributed by atoms with Crippen LogP contribution in [0.2, 0.25) is 0 Å². The fraction of sp³-hybridized carbons (Fsp3) is 0.455. The lowest BCUT2D eigenvalue weighted by atomic mass is 10.2. The van der Waals surface area contributed by atoms with Crippen molar-refractivity contribution in [3.63, 3.8) is 0 Å². The zero-order valence-corrected chi connectivity index (χ0v) is 9.92. The van der Waals surface area contributed by atoms with E-state index in [1.807, 2.05) is 6.07 Å². The van der Waals surface area contributed by atoms with Crippen molar-refractivity contribution < 1.29 is 0 Å². The molecule has 3 heteroatoms. The number of para-hydroxylation sites is 1. The lowest BCUT2D eigenvalue weighted by Crippen LogP contribution is -2.33. The molecule has 1 aliphatic heterocycles. The minimum atomic E-state index is 0.633. The molecule has 2 nitrogen and oxygen atoms in total. The normalized spacial score (nSPS) is 21.1. The third-order valence-corrected chi connectivity index (χ3v) is 3.49. The molecule has 1 heterocycles. The molecule has 1 fully saturated rings. The summed E-state index contributed by atoms with van der Waals surface area (Å²) in [7, 11) is 2.16. The van der Waals surface area contributed by atoms with Gasteiger partial charge in [-0.3, -0.25) is 0 Å². The van der Waals surface area contributed by atoms with Crippen LogP contribution < -0.4 is 10.2 Å². The van der Waals surface area contributed by atoms with Crippen LogP contribution in [0.1, 0.15) is 6.42 Å². The summed E-state index contributed by atoms with van der Waals surface area (Å²) in [5.41, 5.74) is 1.28. The zero-order chi connectivity index (χ0) is 9.97. The van der Waals surface area contributed by atoms with Gasteiger partial charge in [-0.15, -0.1) is 0 Å². The van der Waals surface area contributed by atoms with Crippen molar-refractivity contribution in [1.82, 2.24) is 5.32 Å². The number of anilines is 1. The van der Waals surface area contributed by atoms with Gasteiger partial charge in [0.2, 0.25) is 0 Å². The SMILES string of the molecule is CN(c1ccccc1Br)C1CCNC1. The Kier molecular flexibility index (Phi) is 3.08. The highest BCUT2D eigenvalue weighted by atomic mass is 79.9. The summed E-state index contributed by atoms with van der Waals surface area (Å²) >= 11 is 3.58. The van der Waals surface area contributed by atoms with Crippen molar-refractivity contribution in [1.29, 1.82) is 0 Å². The summed E-state index contributed by atoms with van der Waals surface area (Å²) in [4.78, 5) is 2.35. The molecule has 1 aromatic rings. The second kappa shape index (κ2) is 4.32. The third-order valence-electron chi connectivity index (χ3n) is 2.81. The average Bonchev–Trinajstić information content (AvgIpc) is 2.70. The Labute approximate surface area is 93.4 Å². The van der Waals surface area contributed by atoms with Crippen molar-refractivity contribution >= 4 is 21.6 Å². The van der Waals surface area contributed by atoms with Gasteiger partial charge in [-0.1, -0.05) is 12.1 Å². The van der Waals surface area contributed by atoms with Gasteiger partial charge in [-0.25, -0.2) is 0 Å². The molecule has 1 aromatic carbocycles. The molecular weight excluding hydrogens is 240 g/mol. The predicted molar refractivity (Wildman–Crippen MR) is 63.8 cm³/mol. The van der Waals surface area contributed by atoms with Gasteiger partial charge in [0.1, 0.15) is 0 Å². The molecule has 14 heavy (non-hydrogen) atoms. The first kappa shape index (κ1) is 9.99. The standard InChI is InChI=1S/C11H15BrN2/c1-14(9-6-7-13-8-9)11-5-3-2-4-10(11)12/h2-5,9,13H,6-8H2,1H3. The Balaban J connectivity index is 2.17. The van der Waals surface area contributed by atoms with Crippen LogP contribution in [0.5, 0.6) is 0 Å². The van der Waals surface area contributed by atoms with Crippen LogP contribution in [0.15, 0.2) is 28.7 Å². The third kappa shape index (κ3) is 1.93. The number of likely N-dealkylation sites (N-methyl/N-ethyl adjacent to an activating group) is 1. The van der Waals surface area contributed by atoms with Crippen molar-refractivity contribution in [2.45, 2.75) is 12.5 Å². The highest BCUT2D eigenvalue weighted by Crippen LogP contribution is 2.27. The van der Waals surface area contributed by atoms with Crippen LogP contribution in [-0.2, 0) is 0 Å². The Morgan fingerprint density at radius 1 is 1.43 bits per heavy atom. The van der Waals surface area contributed by atoms with E-state index >= 15 is 0 Å². The van der Waals surface area contributed by atoms with Crippen molar-refractivity contribution in [2.24, 2.45) is 0 Å². The molecule has 2 rings (SSSR count). The minimum absolute atomic E-state index is 0.633. The second-order valence-corrected chi connectivity index (χ2v) is 4.56. The molecule has 0 saturated carbocycles. The largest absolute Gasteiger partial charge is 0.369 e. The number of hydrogen-bond acceptors (Lipinski definition) is 2. The number of halogens is 1. The smallest absolute Gasteiger partial charge is 0.0511 e. The number of nitrogens with zero attached hydrogens (tertiary/aromatic N) is 1. The van der Waals surface area contributed by atoms with Crippen LogP contribution in [0.25, 0.3) is 0 Å². The number of benzene rings is 1. The highest BCUT2D eigenvalue weighted by Gasteiger charge is 2.20. The molecule has 1 atom stereocenters. The van der Waals surface area contributed by atoms with E-state index in [9.17, 15) is 0 Å². The maximum atomic E-state index is 3.58. The first-order valence-electron chi connectivity index (χ1n) is 4.97. The molecule has 0 amide bonds. The number of hydrogen-bond donors (Lipinski definition) is 1. The van der Waals surface area contributed by atoms with Crippen LogP contribution in [0.4, 0.5) is 5.69 Å². The molecule has 1 N–H and O–H groups in total. The fourth-order valence-electron chi connectivity index (χ4n) is 1.90. The van der Waals surface area contributed by atoms with Gasteiger partial charge >= 0.3 is 0 Å². The summed E-state index contributed by atoms with van der Waals surface area (Å²) in [6.45, 7) is 2.23. The van der Waals surface area contributed by atoms with Crippen LogP contribution >= 0.6 is 15.9 Å². The molecular formula is C11H15BrN2. The van der Waals surface area contributed by atoms with Gasteiger partial charge in [0.05, 0.1) is 5.69 Å². The summed E-state index contributed by atoms with van der Waals surface area (Å²) < 4.78 is 1.18. The average molecular weight is 255 g/mol. The Hall–Kier alpha value is -0.540. The van der Waals surface area contributed by atoms with Gasteiger partial charge in [0, 0.05) is 24.1 Å². The molecule has 76 valence electrons. The lowest BCUT2D eigenvalue weighted by Gasteiger charge is -2.26. The fourth-order valence-corrected chi connectivity index (χ4v) is 2.47. The van der Waals surface area contributed by atoms with E-state index in [2.05, 4.69) is 51.4 Å². The lowest BCUT2D eigenvalue weighted by molar-refractivity contribution is 0.684. The summed E-state index contributed by atoms with van der Waals surface area (Å²) in [5.74, 6) is 0. The van der Waals surface area contributed by atoms with Crippen molar-refractivity contribution in [3.8, 4) is 0 Å². The number of rotatable bonds is 2. The van der Waals surface area contributed by atoms with Crippen molar-refractivity contribution in [3.05, 3.63) is 28.7 Å². The maximum Gasteiger partial charge on any atom is 0.0511 e. The summed E-state index contributed by atoms with van der Waals surface area (Å²) in [5, 5.41) is 3.39. The minimum Gasteiger partial charge on any atom is -0.369 e. The van der Waals surface area contributed by atoms with E-state index < -0.39 is 0 Å². The number of nitrogens with one attached hydrogen (secondary N) is 1. The van der Waals surface area contributed by atoms with E-state index in [0.717, 1.165) is 13.1 Å². The highest BCUT2D eigenvalue weighted by molar-refractivity contribution is 9.10. The molecule has 0 bridgehead atoms. The van der Waals surface area contributed by atoms with Crippen molar-refractivity contribution in [2.75, 3.05) is 25.0 Å². The monoisotopic (exact) mass is 254 g/mol. The maximum absolute atomic E-state index is 3.58. The summed E-state index contributed by atoms with van der Waals surface area (Å²) in [6.07, 6.45) is 1.23. The van der Waals surface area contributed by atoms with Gasteiger partial charge in [0.15, 0.2) is 0 Å². The van der Waals surface area contributed by atoms with E-state index in [1.165, 1.54) is 16.6 Å². The van der Waals surface area contributed by atoms with Gasteiger partial charge in [-0.2, -0.15) is 0 Å². The Bertz CT molecular complexity index is 308. The molecule has 1 unspecified atom stereocenters. The van der Waals surface area contributed by atoms with Crippen LogP contribution in [0, 0.1) is 0 Å². The van der Waals surface area contributed by atoms with E-state index in [-0.39, 0.29) is 0 Å². The molecule has 0 spiro atoms. The molecule has 0 aromatic heterocycles. The Morgan fingerprint density at radius 2 is 2.21 bits per heavy atom. The molecule has 1 aliphatic rings. The van der Waals surface area contributed by atoms with E-state index in [4.69, 9.17) is 0 Å². The quantitative estimate of drug-likeness (QED) is 0.871. The first-order valence-corrected chi connectivity index (χ1v) is 5.76. The molecule has 0 aliphatic carbocycles. The predicted octanol–water partition coefficient (Wildman–Crippen LogP) is 2.25. The molecule has 0 radical (unpaired) electrons. The van der Waals surface area contributed by atoms with Gasteiger partial charge in [-0.05, 0) is 41.0 Å². The van der Waals surface area contributed by atoms with E-state index in [1.54, 1.807) is 0 Å². The first-order chi connectivity index (χ1) is 6.79.